The first-order valence-electron chi connectivity index (χ1n) is 10.5. The quantitative estimate of drug-likeness (QED) is 0.536. The lowest BCUT2D eigenvalue weighted by Crippen LogP contribution is -2.46. The van der Waals surface area contributed by atoms with Crippen LogP contribution in [0.15, 0.2) is 83.8 Å². The van der Waals surface area contributed by atoms with Crippen LogP contribution >= 0.6 is 0 Å². The Morgan fingerprint density at radius 3 is 2.62 bits per heavy atom. The first kappa shape index (κ1) is 21.2. The number of fused-ring (bicyclic) bond motifs is 1. The zero-order valence-electron chi connectivity index (χ0n) is 17.6. The molecule has 2 aromatic carbocycles. The average molecular weight is 431 g/mol. The molecule has 0 fully saturated rings. The number of ether oxygens (including phenoxy) is 1. The summed E-state index contributed by atoms with van der Waals surface area (Å²) in [5, 5.41) is 9.95. The number of hydrogen-bond acceptors (Lipinski definition) is 5. The second-order valence-electron chi connectivity index (χ2n) is 7.47. The molecular formula is C25H25N3O4. The number of para-hydroxylation sites is 1. The minimum atomic E-state index is -0.571. The molecule has 1 aliphatic rings. The maximum Gasteiger partial charge on any atom is 0.277 e. The van der Waals surface area contributed by atoms with Crippen LogP contribution in [-0.2, 0) is 6.42 Å². The van der Waals surface area contributed by atoms with Crippen molar-refractivity contribution in [2.45, 2.75) is 12.8 Å². The Bertz CT molecular complexity index is 1170. The van der Waals surface area contributed by atoms with Crippen molar-refractivity contribution in [2.75, 3.05) is 25.2 Å². The molecule has 7 nitrogen and oxygen atoms in total. The van der Waals surface area contributed by atoms with E-state index in [0.29, 0.717) is 26.2 Å². The molecule has 0 saturated heterocycles. The number of carbonyl (C=O) groups is 1. The summed E-state index contributed by atoms with van der Waals surface area (Å²) in [6.45, 7) is 1.18. The lowest BCUT2D eigenvalue weighted by Gasteiger charge is -2.30. The zero-order chi connectivity index (χ0) is 22.3. The van der Waals surface area contributed by atoms with Crippen molar-refractivity contribution in [1.29, 1.82) is 0 Å². The highest BCUT2D eigenvalue weighted by molar-refractivity contribution is 5.96. The van der Waals surface area contributed by atoms with Crippen LogP contribution in [0.5, 0.6) is 11.5 Å². The predicted molar refractivity (Wildman–Crippen MR) is 123 cm³/mol. The van der Waals surface area contributed by atoms with E-state index in [0.717, 1.165) is 17.7 Å². The Hall–Kier alpha value is -4.00. The Kier molecular flexibility index (Phi) is 6.55. The lowest BCUT2D eigenvalue weighted by molar-refractivity contribution is 0.0725. The standard InChI is InChI=1S/C25H25N3O4/c29-21-13-15-28-23(24(21)30)25(31)27(18-26-28)14-7-2-8-16-32-22-12-6-5-11-20(22)17-19-9-3-1-4-10-19/h1-6,8-13,15,26,30H,7,14,16-18H2/b8-2+. The van der Waals surface area contributed by atoms with Crippen molar-refractivity contribution in [3.05, 3.63) is 106 Å². The molecule has 0 aliphatic carbocycles. The summed E-state index contributed by atoms with van der Waals surface area (Å²) in [4.78, 5) is 25.8. The molecule has 1 amide bonds. The number of aromatic hydroxyl groups is 1. The number of rotatable bonds is 8. The summed E-state index contributed by atoms with van der Waals surface area (Å²) >= 11 is 0. The smallest absolute Gasteiger partial charge is 0.277 e. The molecule has 1 aliphatic heterocycles. The molecule has 0 saturated carbocycles. The maximum atomic E-state index is 12.6. The van der Waals surface area contributed by atoms with E-state index >= 15 is 0 Å². The van der Waals surface area contributed by atoms with Gasteiger partial charge in [0.1, 0.15) is 19.0 Å². The van der Waals surface area contributed by atoms with Crippen molar-refractivity contribution in [1.82, 2.24) is 9.58 Å². The topological polar surface area (TPSA) is 83.8 Å². The third-order valence-corrected chi connectivity index (χ3v) is 5.27. The zero-order valence-corrected chi connectivity index (χ0v) is 17.6. The molecule has 1 aromatic heterocycles. The van der Waals surface area contributed by atoms with E-state index < -0.39 is 11.2 Å². The van der Waals surface area contributed by atoms with Crippen molar-refractivity contribution in [3.63, 3.8) is 0 Å². The van der Waals surface area contributed by atoms with Crippen LogP contribution in [0.2, 0.25) is 0 Å². The van der Waals surface area contributed by atoms with Gasteiger partial charge in [-0.05, 0) is 23.6 Å². The van der Waals surface area contributed by atoms with Crippen LogP contribution in [0.25, 0.3) is 0 Å². The van der Waals surface area contributed by atoms with Gasteiger partial charge in [0.25, 0.3) is 5.91 Å². The van der Waals surface area contributed by atoms with Gasteiger partial charge < -0.3 is 20.2 Å². The summed E-state index contributed by atoms with van der Waals surface area (Å²) in [5.41, 5.74) is 4.74. The number of pyridine rings is 1. The van der Waals surface area contributed by atoms with Gasteiger partial charge in [0.05, 0.1) is 0 Å². The highest BCUT2D eigenvalue weighted by Gasteiger charge is 2.27. The van der Waals surface area contributed by atoms with Crippen molar-refractivity contribution in [3.8, 4) is 11.5 Å². The van der Waals surface area contributed by atoms with Gasteiger partial charge in [-0.2, -0.15) is 0 Å². The van der Waals surface area contributed by atoms with Gasteiger partial charge in [-0.3, -0.25) is 14.3 Å². The number of nitrogens with zero attached hydrogens (tertiary/aromatic N) is 2. The molecule has 0 unspecified atom stereocenters. The summed E-state index contributed by atoms with van der Waals surface area (Å²) in [6, 6.07) is 19.5. The first-order chi connectivity index (χ1) is 15.6. The lowest BCUT2D eigenvalue weighted by atomic mass is 10.0. The van der Waals surface area contributed by atoms with Gasteiger partial charge in [-0.15, -0.1) is 0 Å². The number of benzene rings is 2. The van der Waals surface area contributed by atoms with Crippen LogP contribution in [-0.4, -0.2) is 40.4 Å². The van der Waals surface area contributed by atoms with E-state index in [9.17, 15) is 14.7 Å². The number of carbonyl (C=O) groups excluding carboxylic acids is 1. The van der Waals surface area contributed by atoms with Crippen LogP contribution in [0.3, 0.4) is 0 Å². The van der Waals surface area contributed by atoms with Gasteiger partial charge in [-0.1, -0.05) is 60.7 Å². The van der Waals surface area contributed by atoms with Crippen LogP contribution in [0, 0.1) is 0 Å². The summed E-state index contributed by atoms with van der Waals surface area (Å²) < 4.78 is 7.33. The Morgan fingerprint density at radius 2 is 1.78 bits per heavy atom. The molecule has 164 valence electrons. The maximum absolute atomic E-state index is 12.6. The highest BCUT2D eigenvalue weighted by Crippen LogP contribution is 2.21. The number of amides is 1. The minimum absolute atomic E-state index is 0.0360. The molecule has 2 heterocycles. The van der Waals surface area contributed by atoms with Gasteiger partial charge in [0.2, 0.25) is 5.43 Å². The Balaban J connectivity index is 1.28. The van der Waals surface area contributed by atoms with Gasteiger partial charge in [0.15, 0.2) is 11.4 Å². The highest BCUT2D eigenvalue weighted by atomic mass is 16.5. The fraction of sp³-hybridized carbons (Fsp3) is 0.200. The van der Waals surface area contributed by atoms with Gasteiger partial charge in [-0.25, -0.2) is 0 Å². The van der Waals surface area contributed by atoms with E-state index in [1.165, 1.54) is 22.5 Å². The SMILES string of the molecule is O=C1c2c(O)c(=O)ccn2NCN1CC/C=C/COc1ccccc1Cc1ccccc1. The minimum Gasteiger partial charge on any atom is -0.502 e. The average Bonchev–Trinajstić information content (AvgIpc) is 2.81. The summed E-state index contributed by atoms with van der Waals surface area (Å²) in [7, 11) is 0. The summed E-state index contributed by atoms with van der Waals surface area (Å²) in [5.74, 6) is -0.0554. The molecular weight excluding hydrogens is 406 g/mol. The fourth-order valence-corrected chi connectivity index (χ4v) is 3.59. The molecule has 2 N–H and O–H groups in total. The Labute approximate surface area is 186 Å². The molecule has 3 aromatic rings. The normalized spacial score (nSPS) is 13.1. The monoisotopic (exact) mass is 431 g/mol. The molecule has 7 heteroatoms. The molecule has 32 heavy (non-hydrogen) atoms. The van der Waals surface area contributed by atoms with E-state index in [2.05, 4.69) is 23.6 Å². The first-order valence-corrected chi connectivity index (χ1v) is 10.5. The number of aromatic nitrogens is 1. The second kappa shape index (κ2) is 9.87. The third kappa shape index (κ3) is 4.83. The van der Waals surface area contributed by atoms with Crippen LogP contribution < -0.4 is 15.6 Å². The predicted octanol–water partition coefficient (Wildman–Crippen LogP) is 3.13. The van der Waals surface area contributed by atoms with Crippen molar-refractivity contribution >= 4 is 5.91 Å². The van der Waals surface area contributed by atoms with E-state index in [4.69, 9.17) is 4.74 Å². The van der Waals surface area contributed by atoms with Crippen molar-refractivity contribution in [2.24, 2.45) is 0 Å². The second-order valence-corrected chi connectivity index (χ2v) is 7.47. The molecule has 0 atom stereocenters. The molecule has 0 radical (unpaired) electrons. The molecule has 4 rings (SSSR count). The summed E-state index contributed by atoms with van der Waals surface area (Å²) in [6.07, 6.45) is 6.76. The molecule has 0 spiro atoms. The fourth-order valence-electron chi connectivity index (χ4n) is 3.59. The van der Waals surface area contributed by atoms with E-state index in [1.807, 2.05) is 48.6 Å². The van der Waals surface area contributed by atoms with Crippen LogP contribution in [0.1, 0.15) is 28.0 Å². The largest absolute Gasteiger partial charge is 0.502 e. The van der Waals surface area contributed by atoms with Gasteiger partial charge in [0, 0.05) is 25.2 Å². The van der Waals surface area contributed by atoms with E-state index in [-0.39, 0.29) is 11.6 Å². The third-order valence-electron chi connectivity index (χ3n) is 5.27. The number of hydrogen-bond donors (Lipinski definition) is 2. The molecule has 0 bridgehead atoms. The van der Waals surface area contributed by atoms with Crippen LogP contribution in [0.4, 0.5) is 0 Å². The Morgan fingerprint density at radius 1 is 1.00 bits per heavy atom. The van der Waals surface area contributed by atoms with E-state index in [1.54, 1.807) is 4.90 Å². The number of nitrogens with one attached hydrogen (secondary N) is 1. The van der Waals surface area contributed by atoms with Crippen molar-refractivity contribution < 1.29 is 14.6 Å². The van der Waals surface area contributed by atoms with Gasteiger partial charge >= 0.3 is 0 Å².